The summed E-state index contributed by atoms with van der Waals surface area (Å²) in [5.41, 5.74) is 2.61. The summed E-state index contributed by atoms with van der Waals surface area (Å²) in [7, 11) is 1.74. The summed E-state index contributed by atoms with van der Waals surface area (Å²) < 4.78 is 6.79. The fourth-order valence-electron chi connectivity index (χ4n) is 2.93. The van der Waals surface area contributed by atoms with Crippen LogP contribution in [-0.4, -0.2) is 38.2 Å². The van der Waals surface area contributed by atoms with Crippen LogP contribution in [0.4, 0.5) is 5.69 Å². The van der Waals surface area contributed by atoms with Gasteiger partial charge in [0.25, 0.3) is 0 Å². The molecule has 1 fully saturated rings. The summed E-state index contributed by atoms with van der Waals surface area (Å²) in [6.07, 6.45) is 0. The molecule has 1 aliphatic rings. The first kappa shape index (κ1) is 15.6. The van der Waals surface area contributed by atoms with Gasteiger partial charge in [0.1, 0.15) is 5.75 Å². The van der Waals surface area contributed by atoms with E-state index < -0.39 is 0 Å². The van der Waals surface area contributed by atoms with Crippen LogP contribution in [0.1, 0.15) is 5.56 Å². The Morgan fingerprint density at radius 3 is 2.50 bits per heavy atom. The molecule has 0 saturated carbocycles. The van der Waals surface area contributed by atoms with Crippen molar-refractivity contribution in [2.24, 2.45) is 0 Å². The van der Waals surface area contributed by atoms with Gasteiger partial charge in [-0.25, -0.2) is 0 Å². The van der Waals surface area contributed by atoms with Crippen LogP contribution in [0.25, 0.3) is 0 Å². The molecule has 22 heavy (non-hydrogen) atoms. The van der Waals surface area contributed by atoms with Gasteiger partial charge in [-0.05, 0) is 52.4 Å². The Hall–Kier alpha value is -1.27. The fourth-order valence-corrected chi connectivity index (χ4v) is 3.54. The first-order valence-corrected chi connectivity index (χ1v) is 8.69. The number of anilines is 1. The maximum atomic E-state index is 5.48. The number of hydrogen-bond donors (Lipinski definition) is 0. The molecule has 3 nitrogen and oxygen atoms in total. The molecule has 116 valence electrons. The standard InChI is InChI=1S/C18H21IN2O/c1-22-18-8-3-2-7-17(18)21-11-9-20(10-12-21)14-15-5-4-6-16(19)13-15/h2-8,13H,9-12,14H2,1H3. The van der Waals surface area contributed by atoms with E-state index in [1.165, 1.54) is 14.8 Å². The molecule has 0 bridgehead atoms. The van der Waals surface area contributed by atoms with Crippen molar-refractivity contribution >= 4 is 28.3 Å². The second-order valence-corrected chi connectivity index (χ2v) is 6.81. The maximum absolute atomic E-state index is 5.48. The third kappa shape index (κ3) is 3.73. The predicted molar refractivity (Wildman–Crippen MR) is 99.6 cm³/mol. The zero-order valence-corrected chi connectivity index (χ0v) is 15.0. The van der Waals surface area contributed by atoms with E-state index in [4.69, 9.17) is 4.74 Å². The lowest BCUT2D eigenvalue weighted by molar-refractivity contribution is 0.249. The Bertz CT molecular complexity index is 624. The molecular formula is C18H21IN2O. The van der Waals surface area contributed by atoms with Crippen LogP contribution in [0.15, 0.2) is 48.5 Å². The van der Waals surface area contributed by atoms with Crippen LogP contribution in [0, 0.1) is 3.57 Å². The highest BCUT2D eigenvalue weighted by Crippen LogP contribution is 2.28. The Kier molecular flexibility index (Phi) is 5.20. The third-order valence-electron chi connectivity index (χ3n) is 4.09. The maximum Gasteiger partial charge on any atom is 0.142 e. The van der Waals surface area contributed by atoms with Gasteiger partial charge in [0.15, 0.2) is 0 Å². The average Bonchev–Trinajstić information content (AvgIpc) is 2.56. The van der Waals surface area contributed by atoms with Crippen LogP contribution < -0.4 is 9.64 Å². The van der Waals surface area contributed by atoms with Gasteiger partial charge in [-0.1, -0.05) is 24.3 Å². The number of benzene rings is 2. The highest BCUT2D eigenvalue weighted by Gasteiger charge is 2.19. The predicted octanol–water partition coefficient (Wildman–Crippen LogP) is 3.62. The van der Waals surface area contributed by atoms with Crippen molar-refractivity contribution in [3.63, 3.8) is 0 Å². The van der Waals surface area contributed by atoms with Gasteiger partial charge >= 0.3 is 0 Å². The van der Waals surface area contributed by atoms with Crippen LogP contribution >= 0.6 is 22.6 Å². The van der Waals surface area contributed by atoms with E-state index in [2.05, 4.69) is 68.8 Å². The summed E-state index contributed by atoms with van der Waals surface area (Å²) in [6.45, 7) is 5.30. The van der Waals surface area contributed by atoms with Gasteiger partial charge in [0.05, 0.1) is 12.8 Å². The molecule has 0 aromatic heterocycles. The van der Waals surface area contributed by atoms with E-state index in [0.717, 1.165) is 38.5 Å². The van der Waals surface area contributed by atoms with Crippen molar-refractivity contribution in [1.29, 1.82) is 0 Å². The molecule has 2 aromatic carbocycles. The molecule has 0 spiro atoms. The van der Waals surface area contributed by atoms with E-state index in [9.17, 15) is 0 Å². The number of rotatable bonds is 4. The van der Waals surface area contributed by atoms with Gasteiger partial charge in [-0.3, -0.25) is 4.90 Å². The van der Waals surface area contributed by atoms with E-state index in [1.54, 1.807) is 7.11 Å². The largest absolute Gasteiger partial charge is 0.495 e. The van der Waals surface area contributed by atoms with Gasteiger partial charge in [0, 0.05) is 36.3 Å². The number of ether oxygens (including phenoxy) is 1. The lowest BCUT2D eigenvalue weighted by Crippen LogP contribution is -2.46. The average molecular weight is 408 g/mol. The minimum atomic E-state index is 0.966. The number of halogens is 1. The number of methoxy groups -OCH3 is 1. The van der Waals surface area contributed by atoms with E-state index >= 15 is 0 Å². The van der Waals surface area contributed by atoms with Crippen molar-refractivity contribution in [1.82, 2.24) is 4.90 Å². The topological polar surface area (TPSA) is 15.7 Å². The van der Waals surface area contributed by atoms with Crippen molar-refractivity contribution in [2.75, 3.05) is 38.2 Å². The molecule has 0 aliphatic carbocycles. The normalized spacial score (nSPS) is 15.8. The van der Waals surface area contributed by atoms with E-state index in [0.29, 0.717) is 0 Å². The molecule has 4 heteroatoms. The molecule has 0 amide bonds. The molecule has 1 aliphatic heterocycles. The second-order valence-electron chi connectivity index (χ2n) is 5.56. The van der Waals surface area contributed by atoms with Crippen LogP contribution in [0.3, 0.4) is 0 Å². The zero-order valence-electron chi connectivity index (χ0n) is 12.8. The number of hydrogen-bond acceptors (Lipinski definition) is 3. The summed E-state index contributed by atoms with van der Waals surface area (Å²) >= 11 is 2.38. The monoisotopic (exact) mass is 408 g/mol. The van der Waals surface area contributed by atoms with Crippen molar-refractivity contribution in [3.8, 4) is 5.75 Å². The van der Waals surface area contributed by atoms with Gasteiger partial charge in [0.2, 0.25) is 0 Å². The Morgan fingerprint density at radius 2 is 1.77 bits per heavy atom. The quantitative estimate of drug-likeness (QED) is 0.719. The smallest absolute Gasteiger partial charge is 0.142 e. The Morgan fingerprint density at radius 1 is 1.00 bits per heavy atom. The highest BCUT2D eigenvalue weighted by atomic mass is 127. The molecule has 0 N–H and O–H groups in total. The molecule has 0 atom stereocenters. The molecule has 2 aromatic rings. The molecule has 0 unspecified atom stereocenters. The van der Waals surface area contributed by atoms with Crippen LogP contribution in [-0.2, 0) is 6.54 Å². The van der Waals surface area contributed by atoms with E-state index in [-0.39, 0.29) is 0 Å². The molecular weight excluding hydrogens is 387 g/mol. The van der Waals surface area contributed by atoms with E-state index in [1.807, 2.05) is 12.1 Å². The van der Waals surface area contributed by atoms with Crippen LogP contribution in [0.2, 0.25) is 0 Å². The lowest BCUT2D eigenvalue weighted by atomic mass is 10.2. The minimum absolute atomic E-state index is 0.966. The second kappa shape index (κ2) is 7.33. The number of piperazine rings is 1. The molecule has 1 heterocycles. The Labute approximate surface area is 146 Å². The van der Waals surface area contributed by atoms with Gasteiger partial charge < -0.3 is 9.64 Å². The first-order chi connectivity index (χ1) is 10.8. The summed E-state index contributed by atoms with van der Waals surface area (Å²) in [5, 5.41) is 0. The van der Waals surface area contributed by atoms with Crippen LogP contribution in [0.5, 0.6) is 5.75 Å². The molecule has 3 rings (SSSR count). The molecule has 1 saturated heterocycles. The fraction of sp³-hybridized carbons (Fsp3) is 0.333. The molecule has 0 radical (unpaired) electrons. The SMILES string of the molecule is COc1ccccc1N1CCN(Cc2cccc(I)c2)CC1. The summed E-state index contributed by atoms with van der Waals surface area (Å²) in [4.78, 5) is 4.95. The Balaban J connectivity index is 1.60. The van der Waals surface area contributed by atoms with Gasteiger partial charge in [-0.2, -0.15) is 0 Å². The zero-order chi connectivity index (χ0) is 15.4. The highest BCUT2D eigenvalue weighted by molar-refractivity contribution is 14.1. The first-order valence-electron chi connectivity index (χ1n) is 7.61. The van der Waals surface area contributed by atoms with Gasteiger partial charge in [-0.15, -0.1) is 0 Å². The van der Waals surface area contributed by atoms with Crippen molar-refractivity contribution < 1.29 is 4.74 Å². The number of nitrogens with zero attached hydrogens (tertiary/aromatic N) is 2. The van der Waals surface area contributed by atoms with Crippen molar-refractivity contribution in [3.05, 3.63) is 57.7 Å². The van der Waals surface area contributed by atoms with Crippen molar-refractivity contribution in [2.45, 2.75) is 6.54 Å². The number of para-hydroxylation sites is 2. The summed E-state index contributed by atoms with van der Waals surface area (Å²) in [5.74, 6) is 0.966. The third-order valence-corrected chi connectivity index (χ3v) is 4.76. The summed E-state index contributed by atoms with van der Waals surface area (Å²) in [6, 6.07) is 17.1. The lowest BCUT2D eigenvalue weighted by Gasteiger charge is -2.36. The minimum Gasteiger partial charge on any atom is -0.495 e.